The van der Waals surface area contributed by atoms with Crippen LogP contribution in [0.25, 0.3) is 0 Å². The molecular formula is C14H19N3S. The van der Waals surface area contributed by atoms with Crippen LogP contribution in [0, 0.1) is 6.92 Å². The van der Waals surface area contributed by atoms with Gasteiger partial charge in [-0.1, -0.05) is 19.9 Å². The van der Waals surface area contributed by atoms with E-state index in [0.717, 1.165) is 29.4 Å². The molecule has 2 heterocycles. The van der Waals surface area contributed by atoms with Gasteiger partial charge in [0.1, 0.15) is 0 Å². The van der Waals surface area contributed by atoms with Gasteiger partial charge in [0.25, 0.3) is 0 Å². The summed E-state index contributed by atoms with van der Waals surface area (Å²) in [5, 5.41) is 4.58. The molecule has 2 aromatic heterocycles. The molecule has 0 aliphatic carbocycles. The first-order valence-corrected chi connectivity index (χ1v) is 7.05. The van der Waals surface area contributed by atoms with Gasteiger partial charge in [0.2, 0.25) is 0 Å². The van der Waals surface area contributed by atoms with Crippen LogP contribution in [0.3, 0.4) is 0 Å². The summed E-state index contributed by atoms with van der Waals surface area (Å²) >= 11 is 1.78. The molecular weight excluding hydrogens is 242 g/mol. The highest BCUT2D eigenvalue weighted by Crippen LogP contribution is 2.20. The maximum absolute atomic E-state index is 4.62. The van der Waals surface area contributed by atoms with Gasteiger partial charge < -0.3 is 5.32 Å². The molecule has 0 unspecified atom stereocenters. The van der Waals surface area contributed by atoms with E-state index in [1.807, 2.05) is 24.4 Å². The molecule has 0 saturated carbocycles. The Morgan fingerprint density at radius 2 is 2.17 bits per heavy atom. The molecule has 0 saturated heterocycles. The van der Waals surface area contributed by atoms with Crippen LogP contribution in [0.4, 0.5) is 0 Å². The van der Waals surface area contributed by atoms with Gasteiger partial charge in [-0.25, -0.2) is 4.98 Å². The lowest BCUT2D eigenvalue weighted by molar-refractivity contribution is 0.591. The van der Waals surface area contributed by atoms with Crippen molar-refractivity contribution in [2.24, 2.45) is 0 Å². The standard InChI is InChI=1S/C14H19N3S/c1-10(2)16-9-13-11(3)17-14(18-13)8-12-6-4-5-7-15-12/h4-7,10,16H,8-9H2,1-3H3. The minimum atomic E-state index is 0.505. The number of rotatable bonds is 5. The zero-order valence-electron chi connectivity index (χ0n) is 11.1. The zero-order valence-corrected chi connectivity index (χ0v) is 11.9. The number of hydrogen-bond donors (Lipinski definition) is 1. The van der Waals surface area contributed by atoms with E-state index in [1.54, 1.807) is 11.3 Å². The lowest BCUT2D eigenvalue weighted by Gasteiger charge is -2.05. The Balaban J connectivity index is 2.04. The predicted octanol–water partition coefficient (Wildman–Crippen LogP) is 2.94. The van der Waals surface area contributed by atoms with Gasteiger partial charge in [-0.3, -0.25) is 4.98 Å². The molecule has 1 N–H and O–H groups in total. The minimum absolute atomic E-state index is 0.505. The van der Waals surface area contributed by atoms with Crippen molar-refractivity contribution in [2.75, 3.05) is 0 Å². The van der Waals surface area contributed by atoms with Crippen LogP contribution in [-0.4, -0.2) is 16.0 Å². The number of thiazole rings is 1. The van der Waals surface area contributed by atoms with Crippen LogP contribution in [0.1, 0.15) is 35.1 Å². The molecule has 0 radical (unpaired) electrons. The fraction of sp³-hybridized carbons (Fsp3) is 0.429. The fourth-order valence-corrected chi connectivity index (χ4v) is 2.72. The van der Waals surface area contributed by atoms with E-state index in [0.29, 0.717) is 6.04 Å². The van der Waals surface area contributed by atoms with E-state index in [1.165, 1.54) is 4.88 Å². The van der Waals surface area contributed by atoms with Gasteiger partial charge in [0.05, 0.1) is 10.7 Å². The summed E-state index contributed by atoms with van der Waals surface area (Å²) in [5.41, 5.74) is 2.22. The second-order valence-corrected chi connectivity index (χ2v) is 5.82. The van der Waals surface area contributed by atoms with Crippen molar-refractivity contribution in [2.45, 2.75) is 39.8 Å². The van der Waals surface area contributed by atoms with Crippen LogP contribution in [0.15, 0.2) is 24.4 Å². The molecule has 0 atom stereocenters. The normalized spacial score (nSPS) is 11.1. The summed E-state index contributed by atoms with van der Waals surface area (Å²) in [4.78, 5) is 10.3. The number of aromatic nitrogens is 2. The zero-order chi connectivity index (χ0) is 13.0. The number of nitrogens with zero attached hydrogens (tertiary/aromatic N) is 2. The van der Waals surface area contributed by atoms with Crippen molar-refractivity contribution in [3.05, 3.63) is 45.7 Å². The van der Waals surface area contributed by atoms with Crippen molar-refractivity contribution in [1.82, 2.24) is 15.3 Å². The summed E-state index contributed by atoms with van der Waals surface area (Å²) in [6, 6.07) is 6.51. The smallest absolute Gasteiger partial charge is 0.0991 e. The monoisotopic (exact) mass is 261 g/mol. The summed E-state index contributed by atoms with van der Waals surface area (Å²) in [6.45, 7) is 7.30. The summed E-state index contributed by atoms with van der Waals surface area (Å²) in [6.07, 6.45) is 2.66. The quantitative estimate of drug-likeness (QED) is 0.899. The van der Waals surface area contributed by atoms with E-state index < -0.39 is 0 Å². The van der Waals surface area contributed by atoms with Crippen LogP contribution in [0.5, 0.6) is 0 Å². The molecule has 0 aromatic carbocycles. The molecule has 2 aromatic rings. The second kappa shape index (κ2) is 6.07. The third kappa shape index (κ3) is 3.62. The van der Waals surface area contributed by atoms with E-state index >= 15 is 0 Å². The highest BCUT2D eigenvalue weighted by Gasteiger charge is 2.08. The molecule has 0 fully saturated rings. The van der Waals surface area contributed by atoms with Gasteiger partial charge in [0.15, 0.2) is 0 Å². The summed E-state index contributed by atoms with van der Waals surface area (Å²) < 4.78 is 0. The Morgan fingerprint density at radius 3 is 2.83 bits per heavy atom. The van der Waals surface area contributed by atoms with Gasteiger partial charge in [-0.15, -0.1) is 11.3 Å². The van der Waals surface area contributed by atoms with E-state index in [9.17, 15) is 0 Å². The van der Waals surface area contributed by atoms with Crippen molar-refractivity contribution >= 4 is 11.3 Å². The Bertz CT molecular complexity index is 491. The van der Waals surface area contributed by atoms with Crippen LogP contribution in [-0.2, 0) is 13.0 Å². The summed E-state index contributed by atoms with van der Waals surface area (Å²) in [7, 11) is 0. The van der Waals surface area contributed by atoms with Crippen molar-refractivity contribution in [3.8, 4) is 0 Å². The molecule has 2 rings (SSSR count). The second-order valence-electron chi connectivity index (χ2n) is 4.65. The largest absolute Gasteiger partial charge is 0.310 e. The molecule has 18 heavy (non-hydrogen) atoms. The molecule has 0 aliphatic heterocycles. The van der Waals surface area contributed by atoms with Crippen molar-refractivity contribution < 1.29 is 0 Å². The summed E-state index contributed by atoms with van der Waals surface area (Å²) in [5.74, 6) is 0. The first-order chi connectivity index (χ1) is 8.65. The molecule has 0 aliphatic rings. The van der Waals surface area contributed by atoms with E-state index in [-0.39, 0.29) is 0 Å². The minimum Gasteiger partial charge on any atom is -0.310 e. The molecule has 96 valence electrons. The molecule has 0 amide bonds. The Hall–Kier alpha value is -1.26. The Morgan fingerprint density at radius 1 is 1.33 bits per heavy atom. The highest BCUT2D eigenvalue weighted by molar-refractivity contribution is 7.11. The van der Waals surface area contributed by atoms with Gasteiger partial charge >= 0.3 is 0 Å². The molecule has 4 heteroatoms. The van der Waals surface area contributed by atoms with Gasteiger partial charge in [-0.2, -0.15) is 0 Å². The average Bonchev–Trinajstić information content (AvgIpc) is 2.68. The van der Waals surface area contributed by atoms with Crippen LogP contribution >= 0.6 is 11.3 Å². The first kappa shape index (κ1) is 13.2. The third-order valence-electron chi connectivity index (χ3n) is 2.67. The Kier molecular flexibility index (Phi) is 4.44. The molecule has 0 spiro atoms. The fourth-order valence-electron chi connectivity index (χ4n) is 1.68. The first-order valence-electron chi connectivity index (χ1n) is 6.23. The lowest BCUT2D eigenvalue weighted by atomic mass is 10.3. The van der Waals surface area contributed by atoms with Gasteiger partial charge in [0, 0.05) is 35.8 Å². The van der Waals surface area contributed by atoms with Crippen molar-refractivity contribution in [1.29, 1.82) is 0 Å². The maximum Gasteiger partial charge on any atom is 0.0991 e. The molecule has 3 nitrogen and oxygen atoms in total. The highest BCUT2D eigenvalue weighted by atomic mass is 32.1. The number of pyridine rings is 1. The maximum atomic E-state index is 4.62. The average molecular weight is 261 g/mol. The van der Waals surface area contributed by atoms with Crippen LogP contribution in [0.2, 0.25) is 0 Å². The number of hydrogen-bond acceptors (Lipinski definition) is 4. The lowest BCUT2D eigenvalue weighted by Crippen LogP contribution is -2.21. The van der Waals surface area contributed by atoms with Crippen LogP contribution < -0.4 is 5.32 Å². The Labute approximate surface area is 112 Å². The number of aryl methyl sites for hydroxylation is 1. The van der Waals surface area contributed by atoms with E-state index in [2.05, 4.69) is 36.1 Å². The SMILES string of the molecule is Cc1nc(Cc2ccccn2)sc1CNC(C)C. The molecule has 0 bridgehead atoms. The van der Waals surface area contributed by atoms with E-state index in [4.69, 9.17) is 0 Å². The topological polar surface area (TPSA) is 37.8 Å². The third-order valence-corrected chi connectivity index (χ3v) is 3.82. The van der Waals surface area contributed by atoms with Crippen molar-refractivity contribution in [3.63, 3.8) is 0 Å². The number of nitrogens with one attached hydrogen (secondary N) is 1. The predicted molar refractivity (Wildman–Crippen MR) is 75.9 cm³/mol. The van der Waals surface area contributed by atoms with Gasteiger partial charge in [-0.05, 0) is 19.1 Å².